The van der Waals surface area contributed by atoms with Crippen LogP contribution in [0.15, 0.2) is 16.5 Å². The first-order valence-electron chi connectivity index (χ1n) is 5.40. The smallest absolute Gasteiger partial charge is 0.307 e. The Hall–Kier alpha value is -1.29. The zero-order chi connectivity index (χ0) is 12.3. The monoisotopic (exact) mass is 225 g/mol. The summed E-state index contributed by atoms with van der Waals surface area (Å²) in [5.41, 5.74) is 0. The van der Waals surface area contributed by atoms with Crippen LogP contribution >= 0.6 is 0 Å². The lowest BCUT2D eigenvalue weighted by atomic mass is 10.0. The molecule has 0 spiro atoms. The molecule has 1 rings (SSSR count). The largest absolute Gasteiger partial charge is 0.481 e. The van der Waals surface area contributed by atoms with E-state index in [0.29, 0.717) is 6.54 Å². The van der Waals surface area contributed by atoms with Crippen molar-refractivity contribution in [3.63, 3.8) is 0 Å². The maximum absolute atomic E-state index is 10.9. The van der Waals surface area contributed by atoms with E-state index in [0.717, 1.165) is 11.5 Å². The first-order valence-corrected chi connectivity index (χ1v) is 5.40. The number of carbonyl (C=O) groups is 1. The second-order valence-electron chi connectivity index (χ2n) is 4.29. The van der Waals surface area contributed by atoms with Crippen molar-refractivity contribution in [2.75, 3.05) is 7.05 Å². The third kappa shape index (κ3) is 3.10. The molecule has 1 heterocycles. The van der Waals surface area contributed by atoms with Gasteiger partial charge in [-0.2, -0.15) is 0 Å². The zero-order valence-corrected chi connectivity index (χ0v) is 10.2. The van der Waals surface area contributed by atoms with Crippen molar-refractivity contribution in [1.29, 1.82) is 0 Å². The molecule has 0 radical (unpaired) electrons. The molecule has 90 valence electrons. The maximum Gasteiger partial charge on any atom is 0.307 e. The minimum absolute atomic E-state index is 0.0251. The Balaban J connectivity index is 2.58. The summed E-state index contributed by atoms with van der Waals surface area (Å²) in [5.74, 6) is 0.586. The van der Waals surface area contributed by atoms with Crippen LogP contribution in [0, 0.1) is 12.8 Å². The van der Waals surface area contributed by atoms with Gasteiger partial charge >= 0.3 is 5.97 Å². The Morgan fingerprint density at radius 2 is 2.12 bits per heavy atom. The fourth-order valence-corrected chi connectivity index (χ4v) is 1.55. The minimum Gasteiger partial charge on any atom is -0.481 e. The van der Waals surface area contributed by atoms with E-state index in [1.165, 1.54) is 0 Å². The number of aliphatic carboxylic acids is 1. The van der Waals surface area contributed by atoms with Gasteiger partial charge in [0.1, 0.15) is 11.5 Å². The van der Waals surface area contributed by atoms with E-state index in [-0.39, 0.29) is 12.0 Å². The normalized spacial score (nSPS) is 15.1. The molecular formula is C12H19NO3. The predicted octanol–water partition coefficient (Wildman–Crippen LogP) is 2.13. The van der Waals surface area contributed by atoms with E-state index in [4.69, 9.17) is 9.52 Å². The molecule has 0 aromatic carbocycles. The van der Waals surface area contributed by atoms with Crippen LogP contribution in [-0.2, 0) is 11.3 Å². The molecule has 4 nitrogen and oxygen atoms in total. The molecule has 0 saturated heterocycles. The molecule has 2 atom stereocenters. The van der Waals surface area contributed by atoms with Crippen molar-refractivity contribution < 1.29 is 14.3 Å². The molecule has 1 aromatic rings. The van der Waals surface area contributed by atoms with E-state index >= 15 is 0 Å². The zero-order valence-electron chi connectivity index (χ0n) is 10.2. The second-order valence-corrected chi connectivity index (χ2v) is 4.29. The standard InChI is InChI=1S/C12H19NO3/c1-8-5-6-11(16-8)7-13(4)10(3)9(2)12(14)15/h5-6,9-10H,7H2,1-4H3,(H,14,15). The van der Waals surface area contributed by atoms with Gasteiger partial charge in [0.05, 0.1) is 12.5 Å². The van der Waals surface area contributed by atoms with Crippen LogP contribution < -0.4 is 0 Å². The minimum atomic E-state index is -0.769. The summed E-state index contributed by atoms with van der Waals surface area (Å²) >= 11 is 0. The molecule has 0 fully saturated rings. The topological polar surface area (TPSA) is 53.7 Å². The molecule has 0 saturated carbocycles. The van der Waals surface area contributed by atoms with Crippen molar-refractivity contribution in [2.24, 2.45) is 5.92 Å². The molecule has 1 aromatic heterocycles. The number of carboxylic acids is 1. The Labute approximate surface area is 95.9 Å². The highest BCUT2D eigenvalue weighted by Crippen LogP contribution is 2.14. The van der Waals surface area contributed by atoms with Gasteiger partial charge in [-0.05, 0) is 33.0 Å². The van der Waals surface area contributed by atoms with Crippen LogP contribution in [0.3, 0.4) is 0 Å². The van der Waals surface area contributed by atoms with E-state index in [9.17, 15) is 4.79 Å². The molecule has 16 heavy (non-hydrogen) atoms. The van der Waals surface area contributed by atoms with Gasteiger partial charge in [0.2, 0.25) is 0 Å². The lowest BCUT2D eigenvalue weighted by Crippen LogP contribution is -2.37. The third-order valence-corrected chi connectivity index (χ3v) is 3.01. The average molecular weight is 225 g/mol. The molecule has 0 amide bonds. The van der Waals surface area contributed by atoms with Crippen LogP contribution in [0.5, 0.6) is 0 Å². The quantitative estimate of drug-likeness (QED) is 0.834. The SMILES string of the molecule is Cc1ccc(CN(C)C(C)C(C)C(=O)O)o1. The highest BCUT2D eigenvalue weighted by atomic mass is 16.4. The summed E-state index contributed by atoms with van der Waals surface area (Å²) in [4.78, 5) is 12.8. The summed E-state index contributed by atoms with van der Waals surface area (Å²) in [6.07, 6.45) is 0. The van der Waals surface area contributed by atoms with Crippen LogP contribution in [0.1, 0.15) is 25.4 Å². The second kappa shape index (κ2) is 5.16. The number of rotatable bonds is 5. The highest BCUT2D eigenvalue weighted by Gasteiger charge is 2.23. The summed E-state index contributed by atoms with van der Waals surface area (Å²) in [7, 11) is 1.90. The van der Waals surface area contributed by atoms with Crippen molar-refractivity contribution in [2.45, 2.75) is 33.4 Å². The maximum atomic E-state index is 10.9. The Morgan fingerprint density at radius 3 is 2.56 bits per heavy atom. The molecule has 0 aliphatic heterocycles. The Morgan fingerprint density at radius 1 is 1.50 bits per heavy atom. The first-order chi connectivity index (χ1) is 7.41. The Bertz CT molecular complexity index is 359. The Kier molecular flexibility index (Phi) is 4.12. The lowest BCUT2D eigenvalue weighted by Gasteiger charge is -2.26. The van der Waals surface area contributed by atoms with E-state index < -0.39 is 5.97 Å². The van der Waals surface area contributed by atoms with Gasteiger partial charge in [0, 0.05) is 6.04 Å². The average Bonchev–Trinajstić information content (AvgIpc) is 2.61. The van der Waals surface area contributed by atoms with Crippen molar-refractivity contribution in [3.05, 3.63) is 23.7 Å². The summed E-state index contributed by atoms with van der Waals surface area (Å²) in [6.45, 7) is 6.16. The van der Waals surface area contributed by atoms with Gasteiger partial charge < -0.3 is 9.52 Å². The summed E-state index contributed by atoms with van der Waals surface area (Å²) < 4.78 is 5.46. The van der Waals surface area contributed by atoms with Gasteiger partial charge in [-0.1, -0.05) is 6.92 Å². The fourth-order valence-electron chi connectivity index (χ4n) is 1.55. The number of nitrogens with zero attached hydrogens (tertiary/aromatic N) is 1. The van der Waals surface area contributed by atoms with E-state index in [1.807, 2.05) is 37.9 Å². The molecule has 0 aliphatic carbocycles. The number of hydrogen-bond acceptors (Lipinski definition) is 3. The van der Waals surface area contributed by atoms with Crippen LogP contribution in [0.2, 0.25) is 0 Å². The lowest BCUT2D eigenvalue weighted by molar-refractivity contribution is -0.143. The van der Waals surface area contributed by atoms with Crippen LogP contribution in [-0.4, -0.2) is 29.1 Å². The highest BCUT2D eigenvalue weighted by molar-refractivity contribution is 5.70. The predicted molar refractivity (Wildman–Crippen MR) is 61.2 cm³/mol. The van der Waals surface area contributed by atoms with Crippen molar-refractivity contribution >= 4 is 5.97 Å². The van der Waals surface area contributed by atoms with Gasteiger partial charge in [0.15, 0.2) is 0 Å². The summed E-state index contributed by atoms with van der Waals surface area (Å²) in [5, 5.41) is 8.92. The number of aryl methyl sites for hydroxylation is 1. The first kappa shape index (κ1) is 12.8. The molecule has 0 aliphatic rings. The van der Waals surface area contributed by atoms with E-state index in [1.54, 1.807) is 6.92 Å². The molecule has 4 heteroatoms. The molecular weight excluding hydrogens is 206 g/mol. The van der Waals surface area contributed by atoms with E-state index in [2.05, 4.69) is 0 Å². The molecule has 2 unspecified atom stereocenters. The summed E-state index contributed by atoms with van der Waals surface area (Å²) in [6, 6.07) is 3.81. The fraction of sp³-hybridized carbons (Fsp3) is 0.583. The van der Waals surface area contributed by atoms with Gasteiger partial charge in [0.25, 0.3) is 0 Å². The third-order valence-electron chi connectivity index (χ3n) is 3.01. The molecule has 1 N–H and O–H groups in total. The van der Waals surface area contributed by atoms with Crippen molar-refractivity contribution in [1.82, 2.24) is 4.90 Å². The molecule has 0 bridgehead atoms. The number of hydrogen-bond donors (Lipinski definition) is 1. The van der Waals surface area contributed by atoms with Crippen LogP contribution in [0.4, 0.5) is 0 Å². The number of furan rings is 1. The van der Waals surface area contributed by atoms with Crippen molar-refractivity contribution in [3.8, 4) is 0 Å². The number of carboxylic acid groups (broad SMARTS) is 1. The van der Waals surface area contributed by atoms with Crippen LogP contribution in [0.25, 0.3) is 0 Å². The van der Waals surface area contributed by atoms with Gasteiger partial charge in [-0.3, -0.25) is 9.69 Å². The van der Waals surface area contributed by atoms with Gasteiger partial charge in [-0.15, -0.1) is 0 Å². The van der Waals surface area contributed by atoms with Gasteiger partial charge in [-0.25, -0.2) is 0 Å².